The minimum atomic E-state index is -0.779. The summed E-state index contributed by atoms with van der Waals surface area (Å²) >= 11 is 5.68. The first-order valence-electron chi connectivity index (χ1n) is 5.52. The molecule has 0 saturated heterocycles. The first-order valence-corrected chi connectivity index (χ1v) is 5.90. The molecule has 0 saturated carbocycles. The van der Waals surface area contributed by atoms with Crippen molar-refractivity contribution in [3.05, 3.63) is 47.2 Å². The van der Waals surface area contributed by atoms with Crippen LogP contribution in [0.1, 0.15) is 0 Å². The molecule has 0 amide bonds. The number of nitrogens with two attached hydrogens (primary N) is 1. The predicted octanol–water partition coefficient (Wildman–Crippen LogP) is 4.12. The quantitative estimate of drug-likeness (QED) is 0.772. The van der Waals surface area contributed by atoms with Crippen molar-refractivity contribution in [1.82, 2.24) is 5.16 Å². The number of anilines is 1. The molecule has 0 aliphatic rings. The Labute approximate surface area is 116 Å². The van der Waals surface area contributed by atoms with E-state index in [0.29, 0.717) is 0 Å². The molecule has 2 aromatic heterocycles. The smallest absolute Gasteiger partial charge is 0.212 e. The third kappa shape index (κ3) is 2.04. The number of hydrogen-bond donors (Lipinski definition) is 1. The van der Waals surface area contributed by atoms with Gasteiger partial charge in [-0.1, -0.05) is 5.16 Å². The maximum atomic E-state index is 13.9. The van der Waals surface area contributed by atoms with E-state index < -0.39 is 11.6 Å². The molecular weight excluding hydrogens is 290 g/mol. The minimum Gasteiger partial charge on any atom is -0.441 e. The lowest BCUT2D eigenvalue weighted by Crippen LogP contribution is -1.92. The van der Waals surface area contributed by atoms with Crippen LogP contribution in [0.15, 0.2) is 39.3 Å². The second-order valence-electron chi connectivity index (χ2n) is 4.00. The average molecular weight is 297 g/mol. The van der Waals surface area contributed by atoms with Gasteiger partial charge in [0.1, 0.15) is 11.6 Å². The van der Waals surface area contributed by atoms with Gasteiger partial charge in [0.25, 0.3) is 0 Å². The lowest BCUT2D eigenvalue weighted by Gasteiger charge is -2.02. The summed E-state index contributed by atoms with van der Waals surface area (Å²) in [6.45, 7) is 0. The fourth-order valence-corrected chi connectivity index (χ4v) is 2.01. The predicted molar refractivity (Wildman–Crippen MR) is 69.0 cm³/mol. The van der Waals surface area contributed by atoms with E-state index in [0.717, 1.165) is 12.1 Å². The first-order chi connectivity index (χ1) is 9.56. The number of nitrogen functional groups attached to an aromatic ring is 1. The summed E-state index contributed by atoms with van der Waals surface area (Å²) in [4.78, 5) is 0. The molecule has 2 heterocycles. The number of nitrogens with zero attached hydrogens (tertiary/aromatic N) is 1. The molecule has 20 heavy (non-hydrogen) atoms. The van der Waals surface area contributed by atoms with Gasteiger partial charge in [0.2, 0.25) is 5.76 Å². The van der Waals surface area contributed by atoms with Crippen molar-refractivity contribution in [2.75, 3.05) is 5.73 Å². The second-order valence-corrected chi connectivity index (χ2v) is 4.37. The molecule has 0 atom stereocenters. The largest absolute Gasteiger partial charge is 0.441 e. The van der Waals surface area contributed by atoms with Crippen molar-refractivity contribution in [2.45, 2.75) is 0 Å². The Hall–Kier alpha value is -2.34. The van der Waals surface area contributed by atoms with E-state index in [4.69, 9.17) is 26.3 Å². The highest BCUT2D eigenvalue weighted by Crippen LogP contribution is 2.39. The molecular formula is C13H7ClF2N2O2. The molecule has 102 valence electrons. The number of rotatable bonds is 2. The van der Waals surface area contributed by atoms with Crippen LogP contribution in [0.4, 0.5) is 14.6 Å². The van der Waals surface area contributed by atoms with E-state index in [-0.39, 0.29) is 33.7 Å². The minimum absolute atomic E-state index is 0.0296. The molecule has 0 aliphatic carbocycles. The van der Waals surface area contributed by atoms with Gasteiger partial charge in [-0.25, -0.2) is 8.78 Å². The van der Waals surface area contributed by atoms with E-state index in [2.05, 4.69) is 5.16 Å². The summed E-state index contributed by atoms with van der Waals surface area (Å²) in [5.41, 5.74) is 5.94. The van der Waals surface area contributed by atoms with E-state index >= 15 is 0 Å². The molecule has 1 aromatic carbocycles. The zero-order valence-corrected chi connectivity index (χ0v) is 10.6. The van der Waals surface area contributed by atoms with Gasteiger partial charge < -0.3 is 14.7 Å². The van der Waals surface area contributed by atoms with Crippen molar-refractivity contribution < 1.29 is 17.7 Å². The van der Waals surface area contributed by atoms with Gasteiger partial charge in [-0.05, 0) is 35.9 Å². The third-order valence-corrected chi connectivity index (χ3v) is 2.92. The summed E-state index contributed by atoms with van der Waals surface area (Å²) in [5.74, 6) is -1.13. The fraction of sp³-hybridized carbons (Fsp3) is 0. The Bertz CT molecular complexity index is 783. The molecule has 7 heteroatoms. The molecule has 4 nitrogen and oxygen atoms in total. The molecule has 0 bridgehead atoms. The standard InChI is InChI=1S/C13H7ClF2N2O2/c14-10-4-3-9(19-10)12-11(13(17)18-20-12)7-2-1-6(15)5-8(7)16/h1-5H,(H2,17,18). The normalized spacial score (nSPS) is 10.9. The zero-order chi connectivity index (χ0) is 14.3. The molecule has 3 rings (SSSR count). The van der Waals surface area contributed by atoms with Crippen LogP contribution < -0.4 is 5.73 Å². The maximum absolute atomic E-state index is 13.9. The van der Waals surface area contributed by atoms with Crippen LogP contribution in [-0.4, -0.2) is 5.16 Å². The molecule has 0 spiro atoms. The summed E-state index contributed by atoms with van der Waals surface area (Å²) in [5, 5.41) is 3.72. The third-order valence-electron chi connectivity index (χ3n) is 2.72. The van der Waals surface area contributed by atoms with E-state index in [1.807, 2.05) is 0 Å². The number of aromatic nitrogens is 1. The van der Waals surface area contributed by atoms with Crippen molar-refractivity contribution >= 4 is 17.4 Å². The van der Waals surface area contributed by atoms with Gasteiger partial charge in [0, 0.05) is 11.6 Å². The van der Waals surface area contributed by atoms with E-state index in [9.17, 15) is 8.78 Å². The van der Waals surface area contributed by atoms with Crippen LogP contribution >= 0.6 is 11.6 Å². The number of benzene rings is 1. The molecule has 0 radical (unpaired) electrons. The Morgan fingerprint density at radius 2 is 1.95 bits per heavy atom. The van der Waals surface area contributed by atoms with Crippen molar-refractivity contribution in [2.24, 2.45) is 0 Å². The van der Waals surface area contributed by atoms with Crippen molar-refractivity contribution in [3.8, 4) is 22.6 Å². The van der Waals surface area contributed by atoms with Gasteiger partial charge >= 0.3 is 0 Å². The summed E-state index contributed by atoms with van der Waals surface area (Å²) in [6, 6.07) is 6.15. The molecule has 0 unspecified atom stereocenters. The van der Waals surface area contributed by atoms with Gasteiger partial charge in [0.05, 0.1) is 5.56 Å². The fourth-order valence-electron chi connectivity index (χ4n) is 1.86. The topological polar surface area (TPSA) is 65.2 Å². The molecule has 3 aromatic rings. The Morgan fingerprint density at radius 1 is 1.15 bits per heavy atom. The zero-order valence-electron chi connectivity index (χ0n) is 9.86. The molecule has 0 fully saturated rings. The number of halogens is 3. The van der Waals surface area contributed by atoms with Crippen molar-refractivity contribution in [3.63, 3.8) is 0 Å². The first kappa shape index (κ1) is 12.7. The van der Waals surface area contributed by atoms with Gasteiger partial charge in [-0.15, -0.1) is 0 Å². The highest BCUT2D eigenvalue weighted by atomic mass is 35.5. The summed E-state index contributed by atoms with van der Waals surface area (Å²) < 4.78 is 37.1. The van der Waals surface area contributed by atoms with Crippen LogP contribution in [0.5, 0.6) is 0 Å². The number of furan rings is 1. The molecule has 2 N–H and O–H groups in total. The SMILES string of the molecule is Nc1noc(-c2ccc(Cl)o2)c1-c1ccc(F)cc1F. The van der Waals surface area contributed by atoms with Crippen molar-refractivity contribution in [1.29, 1.82) is 0 Å². The lowest BCUT2D eigenvalue weighted by molar-refractivity contribution is 0.421. The maximum Gasteiger partial charge on any atom is 0.212 e. The van der Waals surface area contributed by atoms with Crippen LogP contribution in [0, 0.1) is 11.6 Å². The Kier molecular flexibility index (Phi) is 2.94. The van der Waals surface area contributed by atoms with E-state index in [1.165, 1.54) is 18.2 Å². The highest BCUT2D eigenvalue weighted by molar-refractivity contribution is 6.29. The highest BCUT2D eigenvalue weighted by Gasteiger charge is 2.22. The van der Waals surface area contributed by atoms with Crippen LogP contribution in [0.3, 0.4) is 0 Å². The van der Waals surface area contributed by atoms with Gasteiger partial charge in [-0.2, -0.15) is 0 Å². The van der Waals surface area contributed by atoms with Gasteiger partial charge in [0.15, 0.2) is 16.8 Å². The Morgan fingerprint density at radius 3 is 2.60 bits per heavy atom. The lowest BCUT2D eigenvalue weighted by atomic mass is 10.0. The second kappa shape index (κ2) is 4.64. The van der Waals surface area contributed by atoms with Gasteiger partial charge in [-0.3, -0.25) is 0 Å². The monoisotopic (exact) mass is 296 g/mol. The Balaban J connectivity index is 2.21. The summed E-state index contributed by atoms with van der Waals surface area (Å²) in [7, 11) is 0. The van der Waals surface area contributed by atoms with Crippen LogP contribution in [-0.2, 0) is 0 Å². The van der Waals surface area contributed by atoms with Crippen LogP contribution in [0.2, 0.25) is 5.22 Å². The average Bonchev–Trinajstić information content (AvgIpc) is 2.96. The number of hydrogen-bond acceptors (Lipinski definition) is 4. The summed E-state index contributed by atoms with van der Waals surface area (Å²) in [6.07, 6.45) is 0. The van der Waals surface area contributed by atoms with Crippen LogP contribution in [0.25, 0.3) is 22.6 Å². The van der Waals surface area contributed by atoms with E-state index in [1.54, 1.807) is 0 Å². The molecule has 0 aliphatic heterocycles.